The maximum atomic E-state index is 11.7. The summed E-state index contributed by atoms with van der Waals surface area (Å²) in [6.07, 6.45) is 0. The van der Waals surface area contributed by atoms with Gasteiger partial charge in [0.15, 0.2) is 6.04 Å². The number of methoxy groups -OCH3 is 1. The van der Waals surface area contributed by atoms with E-state index in [1.807, 2.05) is 30.3 Å². The second kappa shape index (κ2) is 5.48. The predicted molar refractivity (Wildman–Crippen MR) is 70.3 cm³/mol. The first-order valence-electron chi connectivity index (χ1n) is 5.82. The van der Waals surface area contributed by atoms with E-state index in [9.17, 15) is 9.59 Å². The number of para-hydroxylation sites is 1. The van der Waals surface area contributed by atoms with Gasteiger partial charge in [-0.05, 0) is 12.1 Å². The fourth-order valence-corrected chi connectivity index (χ4v) is 1.82. The van der Waals surface area contributed by atoms with Crippen LogP contribution in [0.5, 0.6) is 0 Å². The van der Waals surface area contributed by atoms with Crippen molar-refractivity contribution in [3.8, 4) is 0 Å². The van der Waals surface area contributed by atoms with Gasteiger partial charge >= 0.3 is 5.97 Å². The number of amides is 1. The minimum atomic E-state index is -0.882. The van der Waals surface area contributed by atoms with Crippen LogP contribution in [0.2, 0.25) is 0 Å². The van der Waals surface area contributed by atoms with Crippen LogP contribution in [0.1, 0.15) is 18.7 Å². The van der Waals surface area contributed by atoms with E-state index in [0.29, 0.717) is 5.69 Å². The molecule has 1 N–H and O–H groups in total. The van der Waals surface area contributed by atoms with Gasteiger partial charge in [0.25, 0.3) is 0 Å². The standard InChI is InChI=1S/C14H14N2O3/c1-9(17)15-13(14(18)19-2)12-8-7-10-5-3-4-6-11(10)16-12/h3-8,13H,1-2H3,(H,15,17). The van der Waals surface area contributed by atoms with Crippen molar-refractivity contribution >= 4 is 22.8 Å². The summed E-state index contributed by atoms with van der Waals surface area (Å²) >= 11 is 0. The summed E-state index contributed by atoms with van der Waals surface area (Å²) in [6, 6.07) is 10.2. The number of carbonyl (C=O) groups is 2. The molecule has 0 aliphatic rings. The minimum Gasteiger partial charge on any atom is -0.467 e. The third-order valence-electron chi connectivity index (χ3n) is 2.70. The van der Waals surface area contributed by atoms with E-state index in [0.717, 1.165) is 10.9 Å². The van der Waals surface area contributed by atoms with E-state index < -0.39 is 12.0 Å². The molecule has 0 aliphatic carbocycles. The SMILES string of the molecule is COC(=O)C(NC(C)=O)c1ccc2ccccc2n1. The van der Waals surface area contributed by atoms with Crippen LogP contribution in [0.4, 0.5) is 0 Å². The maximum absolute atomic E-state index is 11.7. The van der Waals surface area contributed by atoms with Crippen molar-refractivity contribution in [2.75, 3.05) is 7.11 Å². The first-order chi connectivity index (χ1) is 9.11. The number of pyridine rings is 1. The van der Waals surface area contributed by atoms with Crippen LogP contribution >= 0.6 is 0 Å². The Morgan fingerprint density at radius 1 is 1.21 bits per heavy atom. The molecule has 5 heteroatoms. The molecule has 0 radical (unpaired) electrons. The Morgan fingerprint density at radius 3 is 2.63 bits per heavy atom. The highest BCUT2D eigenvalue weighted by molar-refractivity contribution is 5.85. The summed E-state index contributed by atoms with van der Waals surface area (Å²) in [7, 11) is 1.28. The Kier molecular flexibility index (Phi) is 3.75. The van der Waals surface area contributed by atoms with Gasteiger partial charge in [-0.2, -0.15) is 0 Å². The van der Waals surface area contributed by atoms with Crippen molar-refractivity contribution in [2.24, 2.45) is 0 Å². The van der Waals surface area contributed by atoms with E-state index >= 15 is 0 Å². The van der Waals surface area contributed by atoms with Crippen LogP contribution in [-0.2, 0) is 14.3 Å². The number of hydrogen-bond donors (Lipinski definition) is 1. The van der Waals surface area contributed by atoms with Crippen molar-refractivity contribution in [1.82, 2.24) is 10.3 Å². The molecule has 1 aromatic heterocycles. The van der Waals surface area contributed by atoms with Crippen molar-refractivity contribution < 1.29 is 14.3 Å². The van der Waals surface area contributed by atoms with Crippen LogP contribution in [0, 0.1) is 0 Å². The zero-order chi connectivity index (χ0) is 13.8. The number of hydrogen-bond acceptors (Lipinski definition) is 4. The van der Waals surface area contributed by atoms with Gasteiger partial charge in [0, 0.05) is 12.3 Å². The van der Waals surface area contributed by atoms with Gasteiger partial charge < -0.3 is 10.1 Å². The highest BCUT2D eigenvalue weighted by Gasteiger charge is 2.23. The molecule has 0 aliphatic heterocycles. The summed E-state index contributed by atoms with van der Waals surface area (Å²) in [6.45, 7) is 1.34. The molecule has 0 bridgehead atoms. The molecule has 1 aromatic carbocycles. The van der Waals surface area contributed by atoms with Crippen LogP contribution in [0.3, 0.4) is 0 Å². The number of aromatic nitrogens is 1. The molecule has 0 saturated carbocycles. The van der Waals surface area contributed by atoms with Crippen LogP contribution in [-0.4, -0.2) is 24.0 Å². The number of ether oxygens (including phenoxy) is 1. The predicted octanol–water partition coefficient (Wildman–Crippen LogP) is 1.58. The van der Waals surface area contributed by atoms with E-state index in [-0.39, 0.29) is 5.91 Å². The molecule has 1 unspecified atom stereocenters. The highest BCUT2D eigenvalue weighted by Crippen LogP contribution is 2.17. The molecule has 1 atom stereocenters. The van der Waals surface area contributed by atoms with Crippen molar-refractivity contribution in [1.29, 1.82) is 0 Å². The normalized spacial score (nSPS) is 11.9. The number of fused-ring (bicyclic) bond motifs is 1. The van der Waals surface area contributed by atoms with Crippen LogP contribution in [0.15, 0.2) is 36.4 Å². The zero-order valence-electron chi connectivity index (χ0n) is 10.7. The average Bonchev–Trinajstić information content (AvgIpc) is 2.43. The third kappa shape index (κ3) is 2.88. The molecule has 2 aromatic rings. The second-order valence-electron chi connectivity index (χ2n) is 4.09. The lowest BCUT2D eigenvalue weighted by molar-refractivity contribution is -0.145. The summed E-state index contributed by atoms with van der Waals surface area (Å²) in [5, 5.41) is 3.51. The van der Waals surface area contributed by atoms with Gasteiger partial charge in [-0.15, -0.1) is 0 Å². The zero-order valence-corrected chi connectivity index (χ0v) is 10.7. The van der Waals surface area contributed by atoms with Gasteiger partial charge in [-0.1, -0.05) is 24.3 Å². The smallest absolute Gasteiger partial charge is 0.334 e. The van der Waals surface area contributed by atoms with Crippen LogP contribution < -0.4 is 5.32 Å². The molecule has 98 valence electrons. The second-order valence-corrected chi connectivity index (χ2v) is 4.09. The average molecular weight is 258 g/mol. The molecule has 0 saturated heterocycles. The van der Waals surface area contributed by atoms with Gasteiger partial charge in [-0.3, -0.25) is 4.79 Å². The summed E-state index contributed by atoms with van der Waals surface area (Å²) in [4.78, 5) is 27.3. The molecule has 2 rings (SSSR count). The largest absolute Gasteiger partial charge is 0.467 e. The van der Waals surface area contributed by atoms with E-state index in [4.69, 9.17) is 0 Å². The van der Waals surface area contributed by atoms with Crippen LogP contribution in [0.25, 0.3) is 10.9 Å². The fourth-order valence-electron chi connectivity index (χ4n) is 1.82. The topological polar surface area (TPSA) is 68.3 Å². The molecule has 5 nitrogen and oxygen atoms in total. The minimum absolute atomic E-state index is 0.314. The van der Waals surface area contributed by atoms with Gasteiger partial charge in [0.05, 0.1) is 18.3 Å². The highest BCUT2D eigenvalue weighted by atomic mass is 16.5. The van der Waals surface area contributed by atoms with E-state index in [2.05, 4.69) is 15.0 Å². The first-order valence-corrected chi connectivity index (χ1v) is 5.82. The number of nitrogens with one attached hydrogen (secondary N) is 1. The molecule has 1 heterocycles. The molecule has 0 fully saturated rings. The molecule has 0 spiro atoms. The summed E-state index contributed by atoms with van der Waals surface area (Å²) in [5.41, 5.74) is 1.22. The third-order valence-corrected chi connectivity index (χ3v) is 2.70. The number of esters is 1. The van der Waals surface area contributed by atoms with Gasteiger partial charge in [-0.25, -0.2) is 9.78 Å². The summed E-state index contributed by atoms with van der Waals surface area (Å²) < 4.78 is 4.69. The first kappa shape index (κ1) is 13.0. The number of benzene rings is 1. The van der Waals surface area contributed by atoms with Crippen molar-refractivity contribution in [2.45, 2.75) is 13.0 Å². The molecule has 19 heavy (non-hydrogen) atoms. The number of carbonyl (C=O) groups excluding carboxylic acids is 2. The Labute approximate surface area is 110 Å². The fraction of sp³-hybridized carbons (Fsp3) is 0.214. The van der Waals surface area contributed by atoms with Crippen molar-refractivity contribution in [3.05, 3.63) is 42.1 Å². The molecular weight excluding hydrogens is 244 g/mol. The van der Waals surface area contributed by atoms with Gasteiger partial charge in [0.1, 0.15) is 0 Å². The lowest BCUT2D eigenvalue weighted by atomic mass is 10.1. The Hall–Kier alpha value is -2.43. The maximum Gasteiger partial charge on any atom is 0.334 e. The van der Waals surface area contributed by atoms with Crippen molar-refractivity contribution in [3.63, 3.8) is 0 Å². The monoisotopic (exact) mass is 258 g/mol. The number of nitrogens with zero attached hydrogens (tertiary/aromatic N) is 1. The van der Waals surface area contributed by atoms with Gasteiger partial charge in [0.2, 0.25) is 5.91 Å². The lowest BCUT2D eigenvalue weighted by Crippen LogP contribution is -2.33. The summed E-state index contributed by atoms with van der Waals surface area (Å²) in [5.74, 6) is -0.858. The molecular formula is C14H14N2O3. The Bertz CT molecular complexity index is 625. The Morgan fingerprint density at radius 2 is 1.95 bits per heavy atom. The quantitative estimate of drug-likeness (QED) is 0.849. The van der Waals surface area contributed by atoms with E-state index in [1.165, 1.54) is 14.0 Å². The lowest BCUT2D eigenvalue weighted by Gasteiger charge is -2.15. The van der Waals surface area contributed by atoms with E-state index in [1.54, 1.807) is 6.07 Å². The Balaban J connectivity index is 2.43. The molecule has 1 amide bonds. The number of rotatable bonds is 3.